The second kappa shape index (κ2) is 6.91. The van der Waals surface area contributed by atoms with Crippen molar-refractivity contribution in [1.82, 2.24) is 9.55 Å². The predicted molar refractivity (Wildman–Crippen MR) is 101 cm³/mol. The van der Waals surface area contributed by atoms with Gasteiger partial charge < -0.3 is 4.57 Å². The van der Waals surface area contributed by atoms with E-state index in [1.807, 2.05) is 25.3 Å². The van der Waals surface area contributed by atoms with E-state index in [2.05, 4.69) is 46.2 Å². The first kappa shape index (κ1) is 16.9. The Kier molecular flexibility index (Phi) is 4.87. The van der Waals surface area contributed by atoms with Crippen LogP contribution in [-0.4, -0.2) is 15.5 Å². The van der Waals surface area contributed by atoms with Crippen molar-refractivity contribution in [2.45, 2.75) is 40.2 Å². The van der Waals surface area contributed by atoms with Crippen LogP contribution in [0.15, 0.2) is 29.0 Å². The second-order valence-electron chi connectivity index (χ2n) is 6.14. The summed E-state index contributed by atoms with van der Waals surface area (Å²) in [6.07, 6.45) is 0. The third-order valence-electron chi connectivity index (χ3n) is 4.05. The largest absolute Gasteiger partial charge is 0.343 e. The van der Waals surface area contributed by atoms with E-state index in [9.17, 15) is 4.79 Å². The number of hydrogen-bond acceptors (Lipinski definition) is 4. The van der Waals surface area contributed by atoms with Crippen molar-refractivity contribution in [2.24, 2.45) is 0 Å². The molecule has 0 aliphatic carbocycles. The highest BCUT2D eigenvalue weighted by Gasteiger charge is 2.17. The Labute approximate surface area is 150 Å². The van der Waals surface area contributed by atoms with E-state index in [0.29, 0.717) is 16.6 Å². The number of anilines is 1. The molecule has 0 aliphatic rings. The number of aromatic nitrogens is 2. The van der Waals surface area contributed by atoms with E-state index >= 15 is 0 Å². The molecule has 0 saturated heterocycles. The Hall–Kier alpha value is -1.92. The van der Waals surface area contributed by atoms with Crippen molar-refractivity contribution in [3.8, 4) is 0 Å². The second-order valence-corrected chi connectivity index (χ2v) is 8.03. The SMILES string of the molecule is Cc1cc(C(=O)Nc2nc(C(C)C)cs2)c(C)n1Cc1cccs1. The van der Waals surface area contributed by atoms with Crippen LogP contribution < -0.4 is 5.32 Å². The van der Waals surface area contributed by atoms with Crippen molar-refractivity contribution >= 4 is 33.7 Å². The third-order valence-corrected chi connectivity index (χ3v) is 5.68. The van der Waals surface area contributed by atoms with Gasteiger partial charge in [0.1, 0.15) is 0 Å². The number of rotatable bonds is 5. The summed E-state index contributed by atoms with van der Waals surface area (Å²) in [4.78, 5) is 18.4. The number of carbonyl (C=O) groups is 1. The van der Waals surface area contributed by atoms with Gasteiger partial charge in [0.25, 0.3) is 5.91 Å². The lowest BCUT2D eigenvalue weighted by molar-refractivity contribution is 0.102. The van der Waals surface area contributed by atoms with E-state index in [1.165, 1.54) is 16.2 Å². The first-order valence-electron chi connectivity index (χ1n) is 7.91. The summed E-state index contributed by atoms with van der Waals surface area (Å²) in [7, 11) is 0. The molecule has 0 aromatic carbocycles. The van der Waals surface area contributed by atoms with Crippen LogP contribution >= 0.6 is 22.7 Å². The Bertz CT molecular complexity index is 844. The molecule has 3 heterocycles. The van der Waals surface area contributed by atoms with Crippen LogP contribution in [0.5, 0.6) is 0 Å². The highest BCUT2D eigenvalue weighted by atomic mass is 32.1. The molecule has 0 fully saturated rings. The standard InChI is InChI=1S/C18H21N3OS2/c1-11(2)16-10-24-18(19-16)20-17(22)15-8-12(3)21(13(15)4)9-14-6-5-7-23-14/h5-8,10-11H,9H2,1-4H3,(H,19,20,22). The molecule has 3 aromatic heterocycles. The molecule has 4 nitrogen and oxygen atoms in total. The average Bonchev–Trinajstić information content (AvgIpc) is 3.24. The maximum atomic E-state index is 12.6. The normalized spacial score (nSPS) is 11.2. The number of nitrogens with zero attached hydrogens (tertiary/aromatic N) is 2. The van der Waals surface area contributed by atoms with Crippen LogP contribution in [-0.2, 0) is 6.54 Å². The summed E-state index contributed by atoms with van der Waals surface area (Å²) in [6.45, 7) is 9.03. The average molecular weight is 360 g/mol. The Morgan fingerprint density at radius 1 is 1.33 bits per heavy atom. The first-order valence-corrected chi connectivity index (χ1v) is 9.67. The van der Waals surface area contributed by atoms with Gasteiger partial charge in [-0.05, 0) is 37.3 Å². The van der Waals surface area contributed by atoms with Crippen molar-refractivity contribution < 1.29 is 4.79 Å². The lowest BCUT2D eigenvalue weighted by Crippen LogP contribution is -2.13. The fourth-order valence-corrected chi connectivity index (χ4v) is 4.17. The van der Waals surface area contributed by atoms with E-state index in [0.717, 1.165) is 23.6 Å². The quantitative estimate of drug-likeness (QED) is 0.693. The van der Waals surface area contributed by atoms with E-state index in [4.69, 9.17) is 0 Å². The maximum absolute atomic E-state index is 12.6. The molecule has 126 valence electrons. The van der Waals surface area contributed by atoms with Crippen molar-refractivity contribution in [3.05, 3.63) is 56.5 Å². The summed E-state index contributed by atoms with van der Waals surface area (Å²) < 4.78 is 2.18. The van der Waals surface area contributed by atoms with Gasteiger partial charge in [0.2, 0.25) is 0 Å². The molecular weight excluding hydrogens is 338 g/mol. The molecular formula is C18H21N3OS2. The van der Waals surface area contributed by atoms with E-state index in [-0.39, 0.29) is 5.91 Å². The summed E-state index contributed by atoms with van der Waals surface area (Å²) in [6, 6.07) is 6.12. The predicted octanol–water partition coefficient (Wildman–Crippen LogP) is 5.05. The van der Waals surface area contributed by atoms with Crippen molar-refractivity contribution in [2.75, 3.05) is 5.32 Å². The number of carbonyl (C=O) groups excluding carboxylic acids is 1. The number of thiazole rings is 1. The Balaban J connectivity index is 1.79. The number of hydrogen-bond donors (Lipinski definition) is 1. The molecule has 0 atom stereocenters. The van der Waals surface area contributed by atoms with Crippen molar-refractivity contribution in [1.29, 1.82) is 0 Å². The molecule has 1 amide bonds. The van der Waals surface area contributed by atoms with Crippen LogP contribution in [0.3, 0.4) is 0 Å². The zero-order valence-electron chi connectivity index (χ0n) is 14.3. The monoisotopic (exact) mass is 359 g/mol. The maximum Gasteiger partial charge on any atom is 0.259 e. The molecule has 0 unspecified atom stereocenters. The molecule has 6 heteroatoms. The van der Waals surface area contributed by atoms with Gasteiger partial charge in [-0.3, -0.25) is 10.1 Å². The van der Waals surface area contributed by atoms with E-state index in [1.54, 1.807) is 11.3 Å². The Morgan fingerprint density at radius 2 is 2.12 bits per heavy atom. The minimum atomic E-state index is -0.0924. The zero-order valence-corrected chi connectivity index (χ0v) is 15.9. The summed E-state index contributed by atoms with van der Waals surface area (Å²) in [5.41, 5.74) is 3.80. The summed E-state index contributed by atoms with van der Waals surface area (Å²) >= 11 is 3.20. The Morgan fingerprint density at radius 3 is 2.75 bits per heavy atom. The number of nitrogens with one attached hydrogen (secondary N) is 1. The topological polar surface area (TPSA) is 46.9 Å². The van der Waals surface area contributed by atoms with Crippen LogP contribution in [0.4, 0.5) is 5.13 Å². The van der Waals surface area contributed by atoms with E-state index < -0.39 is 0 Å². The molecule has 0 radical (unpaired) electrons. The molecule has 24 heavy (non-hydrogen) atoms. The zero-order chi connectivity index (χ0) is 17.3. The van der Waals surface area contributed by atoms with Gasteiger partial charge in [-0.2, -0.15) is 0 Å². The summed E-state index contributed by atoms with van der Waals surface area (Å²) in [5.74, 6) is 0.271. The molecule has 0 bridgehead atoms. The van der Waals surface area contributed by atoms with Crippen LogP contribution in [0.25, 0.3) is 0 Å². The number of amides is 1. The molecule has 0 saturated carbocycles. The number of aryl methyl sites for hydroxylation is 1. The van der Waals surface area contributed by atoms with Gasteiger partial charge in [-0.15, -0.1) is 22.7 Å². The lowest BCUT2D eigenvalue weighted by Gasteiger charge is -2.08. The van der Waals surface area contributed by atoms with Crippen molar-refractivity contribution in [3.63, 3.8) is 0 Å². The highest BCUT2D eigenvalue weighted by Crippen LogP contribution is 2.24. The van der Waals surface area contributed by atoms with Gasteiger partial charge >= 0.3 is 0 Å². The van der Waals surface area contributed by atoms with Gasteiger partial charge in [0, 0.05) is 21.6 Å². The molecule has 0 spiro atoms. The molecule has 3 aromatic rings. The minimum absolute atomic E-state index is 0.0924. The van der Waals surface area contributed by atoms with Crippen LogP contribution in [0, 0.1) is 13.8 Å². The molecule has 1 N–H and O–H groups in total. The molecule has 3 rings (SSSR count). The summed E-state index contributed by atoms with van der Waals surface area (Å²) in [5, 5.41) is 7.67. The lowest BCUT2D eigenvalue weighted by atomic mass is 10.2. The fraction of sp³-hybridized carbons (Fsp3) is 0.333. The smallest absolute Gasteiger partial charge is 0.259 e. The van der Waals surface area contributed by atoms with Gasteiger partial charge in [0.05, 0.1) is 17.8 Å². The van der Waals surface area contributed by atoms with Crippen LogP contribution in [0.1, 0.15) is 52.1 Å². The first-order chi connectivity index (χ1) is 11.5. The molecule has 0 aliphatic heterocycles. The van der Waals surface area contributed by atoms with Gasteiger partial charge in [-0.25, -0.2) is 4.98 Å². The minimum Gasteiger partial charge on any atom is -0.343 e. The van der Waals surface area contributed by atoms with Crippen LogP contribution in [0.2, 0.25) is 0 Å². The number of thiophene rings is 1. The highest BCUT2D eigenvalue weighted by molar-refractivity contribution is 7.14. The third kappa shape index (κ3) is 3.44. The fourth-order valence-electron chi connectivity index (χ4n) is 2.61. The van der Waals surface area contributed by atoms with Gasteiger partial charge in [0.15, 0.2) is 5.13 Å². The van der Waals surface area contributed by atoms with Gasteiger partial charge in [-0.1, -0.05) is 19.9 Å².